The molecule has 2 heterocycles. The Bertz CT molecular complexity index is 1060. The summed E-state index contributed by atoms with van der Waals surface area (Å²) in [6.07, 6.45) is 1.06. The first kappa shape index (κ1) is 18.1. The maximum atomic E-state index is 13.9. The Morgan fingerprint density at radius 1 is 1.11 bits per heavy atom. The standard InChI is InChI=1S/C22H20FN3O2/c23-18-9-5-4-8-16(18)13-20-24-19-10-11-26(14-17(19)22(28)25-20)21(27)12-15-6-2-1-3-7-15/h1-9H,10-14H2,(H,24,25,28). The van der Waals surface area contributed by atoms with Crippen LogP contribution < -0.4 is 5.56 Å². The smallest absolute Gasteiger partial charge is 0.256 e. The normalized spacial score (nSPS) is 13.2. The summed E-state index contributed by atoms with van der Waals surface area (Å²) in [7, 11) is 0. The van der Waals surface area contributed by atoms with E-state index in [0.717, 1.165) is 5.56 Å². The predicted molar refractivity (Wildman–Crippen MR) is 103 cm³/mol. The number of benzene rings is 2. The van der Waals surface area contributed by atoms with E-state index < -0.39 is 0 Å². The van der Waals surface area contributed by atoms with Gasteiger partial charge in [-0.25, -0.2) is 9.37 Å². The number of aromatic amines is 1. The molecule has 142 valence electrons. The van der Waals surface area contributed by atoms with Crippen LogP contribution in [-0.4, -0.2) is 27.3 Å². The molecule has 0 radical (unpaired) electrons. The van der Waals surface area contributed by atoms with Gasteiger partial charge in [-0.2, -0.15) is 0 Å². The van der Waals surface area contributed by atoms with E-state index in [2.05, 4.69) is 9.97 Å². The molecule has 3 aromatic rings. The minimum absolute atomic E-state index is 0.00770. The van der Waals surface area contributed by atoms with Crippen LogP contribution in [-0.2, 0) is 30.6 Å². The molecule has 0 saturated carbocycles. The number of hydrogen-bond acceptors (Lipinski definition) is 3. The minimum Gasteiger partial charge on any atom is -0.337 e. The number of nitrogens with one attached hydrogen (secondary N) is 1. The molecule has 1 aliphatic heterocycles. The molecule has 1 aromatic heterocycles. The first-order valence-electron chi connectivity index (χ1n) is 9.26. The maximum absolute atomic E-state index is 13.9. The Morgan fingerprint density at radius 2 is 1.86 bits per heavy atom. The van der Waals surface area contributed by atoms with Gasteiger partial charge in [0.15, 0.2) is 0 Å². The fourth-order valence-electron chi connectivity index (χ4n) is 3.48. The molecule has 0 spiro atoms. The summed E-state index contributed by atoms with van der Waals surface area (Å²) < 4.78 is 13.9. The molecule has 0 fully saturated rings. The second-order valence-electron chi connectivity index (χ2n) is 6.93. The molecule has 28 heavy (non-hydrogen) atoms. The van der Waals surface area contributed by atoms with E-state index in [9.17, 15) is 14.0 Å². The molecule has 0 bridgehead atoms. The number of halogens is 1. The lowest BCUT2D eigenvalue weighted by Crippen LogP contribution is -2.40. The van der Waals surface area contributed by atoms with Crippen molar-refractivity contribution in [1.82, 2.24) is 14.9 Å². The van der Waals surface area contributed by atoms with Gasteiger partial charge in [-0.15, -0.1) is 0 Å². The van der Waals surface area contributed by atoms with Crippen molar-refractivity contribution in [1.29, 1.82) is 0 Å². The summed E-state index contributed by atoms with van der Waals surface area (Å²) in [6, 6.07) is 16.0. The van der Waals surface area contributed by atoms with Crippen LogP contribution in [0, 0.1) is 5.82 Å². The lowest BCUT2D eigenvalue weighted by atomic mass is 10.0. The lowest BCUT2D eigenvalue weighted by molar-refractivity contribution is -0.131. The third-order valence-electron chi connectivity index (χ3n) is 4.98. The van der Waals surface area contributed by atoms with Crippen LogP contribution in [0.2, 0.25) is 0 Å². The summed E-state index contributed by atoms with van der Waals surface area (Å²) in [5.41, 5.74) is 2.39. The second kappa shape index (κ2) is 7.76. The molecular weight excluding hydrogens is 357 g/mol. The third-order valence-corrected chi connectivity index (χ3v) is 4.98. The maximum Gasteiger partial charge on any atom is 0.256 e. The van der Waals surface area contributed by atoms with Crippen LogP contribution in [0.5, 0.6) is 0 Å². The number of aromatic nitrogens is 2. The number of amides is 1. The summed E-state index contributed by atoms with van der Waals surface area (Å²) >= 11 is 0. The number of carbonyl (C=O) groups is 1. The van der Waals surface area contributed by atoms with E-state index in [0.29, 0.717) is 42.0 Å². The van der Waals surface area contributed by atoms with E-state index in [1.165, 1.54) is 6.07 Å². The Hall–Kier alpha value is -3.28. The SMILES string of the molecule is O=C(Cc1ccccc1)N1CCc2nc(Cc3ccccc3F)[nH]c(=O)c2C1. The molecule has 5 nitrogen and oxygen atoms in total. The highest BCUT2D eigenvalue weighted by Gasteiger charge is 2.24. The number of H-pyrrole nitrogens is 1. The van der Waals surface area contributed by atoms with Gasteiger partial charge in [-0.1, -0.05) is 48.5 Å². The predicted octanol–water partition coefficient (Wildman–Crippen LogP) is 2.63. The van der Waals surface area contributed by atoms with Gasteiger partial charge in [0, 0.05) is 19.4 Å². The van der Waals surface area contributed by atoms with Crippen LogP contribution in [0.15, 0.2) is 59.4 Å². The zero-order valence-electron chi connectivity index (χ0n) is 15.3. The molecule has 6 heteroatoms. The van der Waals surface area contributed by atoms with E-state index in [4.69, 9.17) is 0 Å². The largest absolute Gasteiger partial charge is 0.337 e. The fourth-order valence-corrected chi connectivity index (χ4v) is 3.48. The highest BCUT2D eigenvalue weighted by molar-refractivity contribution is 5.79. The van der Waals surface area contributed by atoms with Crippen molar-refractivity contribution < 1.29 is 9.18 Å². The third kappa shape index (κ3) is 3.86. The number of fused-ring (bicyclic) bond motifs is 1. The van der Waals surface area contributed by atoms with E-state index in [1.54, 1.807) is 23.1 Å². The molecule has 1 aliphatic rings. The number of carbonyl (C=O) groups excluding carboxylic acids is 1. The van der Waals surface area contributed by atoms with Gasteiger partial charge in [-0.3, -0.25) is 9.59 Å². The van der Waals surface area contributed by atoms with Gasteiger partial charge in [-0.05, 0) is 17.2 Å². The zero-order valence-corrected chi connectivity index (χ0v) is 15.3. The summed E-state index contributed by atoms with van der Waals surface area (Å²) in [4.78, 5) is 34.1. The highest BCUT2D eigenvalue weighted by atomic mass is 19.1. The molecule has 1 amide bonds. The number of hydrogen-bond donors (Lipinski definition) is 1. The minimum atomic E-state index is -0.319. The van der Waals surface area contributed by atoms with E-state index in [1.807, 2.05) is 30.3 Å². The Kier molecular flexibility index (Phi) is 5.02. The van der Waals surface area contributed by atoms with Crippen molar-refractivity contribution in [2.45, 2.75) is 25.8 Å². The molecule has 0 saturated heterocycles. The van der Waals surface area contributed by atoms with E-state index in [-0.39, 0.29) is 30.2 Å². The van der Waals surface area contributed by atoms with Crippen LogP contribution in [0.1, 0.15) is 28.2 Å². The van der Waals surface area contributed by atoms with Gasteiger partial charge in [0.25, 0.3) is 5.56 Å². The number of nitrogens with zero attached hydrogens (tertiary/aromatic N) is 2. The average Bonchev–Trinajstić information content (AvgIpc) is 2.70. The second-order valence-corrected chi connectivity index (χ2v) is 6.93. The molecular formula is C22H20FN3O2. The van der Waals surface area contributed by atoms with Gasteiger partial charge in [0.2, 0.25) is 5.91 Å². The van der Waals surface area contributed by atoms with Crippen LogP contribution in [0.4, 0.5) is 4.39 Å². The van der Waals surface area contributed by atoms with E-state index >= 15 is 0 Å². The van der Waals surface area contributed by atoms with Gasteiger partial charge >= 0.3 is 0 Å². The van der Waals surface area contributed by atoms with Crippen molar-refractivity contribution in [3.8, 4) is 0 Å². The molecule has 2 aromatic carbocycles. The monoisotopic (exact) mass is 377 g/mol. The van der Waals surface area contributed by atoms with Crippen LogP contribution >= 0.6 is 0 Å². The Balaban J connectivity index is 1.51. The molecule has 0 aliphatic carbocycles. The first-order valence-corrected chi connectivity index (χ1v) is 9.26. The molecule has 0 atom stereocenters. The van der Waals surface area contributed by atoms with Gasteiger partial charge < -0.3 is 9.88 Å². The lowest BCUT2D eigenvalue weighted by Gasteiger charge is -2.28. The topological polar surface area (TPSA) is 66.1 Å². The first-order chi connectivity index (χ1) is 13.6. The van der Waals surface area contributed by atoms with Crippen molar-refractivity contribution in [2.75, 3.05) is 6.54 Å². The van der Waals surface area contributed by atoms with Crippen LogP contribution in [0.3, 0.4) is 0 Å². The van der Waals surface area contributed by atoms with Gasteiger partial charge in [0.05, 0.1) is 24.2 Å². The fraction of sp³-hybridized carbons (Fsp3) is 0.227. The zero-order chi connectivity index (χ0) is 19.5. The summed E-state index contributed by atoms with van der Waals surface area (Å²) in [6.45, 7) is 0.775. The van der Waals surface area contributed by atoms with Crippen molar-refractivity contribution in [3.05, 3.63) is 99.0 Å². The van der Waals surface area contributed by atoms with Crippen molar-refractivity contribution in [2.24, 2.45) is 0 Å². The quantitative estimate of drug-likeness (QED) is 0.760. The highest BCUT2D eigenvalue weighted by Crippen LogP contribution is 2.17. The molecule has 4 rings (SSSR count). The average molecular weight is 377 g/mol. The van der Waals surface area contributed by atoms with Crippen molar-refractivity contribution >= 4 is 5.91 Å². The van der Waals surface area contributed by atoms with Crippen LogP contribution in [0.25, 0.3) is 0 Å². The Labute approximate surface area is 161 Å². The molecule has 1 N–H and O–H groups in total. The molecule has 0 unspecified atom stereocenters. The van der Waals surface area contributed by atoms with Gasteiger partial charge in [0.1, 0.15) is 11.6 Å². The summed E-state index contributed by atoms with van der Waals surface area (Å²) in [5, 5.41) is 0. The number of rotatable bonds is 4. The Morgan fingerprint density at radius 3 is 2.64 bits per heavy atom. The summed E-state index contributed by atoms with van der Waals surface area (Å²) in [5.74, 6) is 0.116. The van der Waals surface area contributed by atoms with Crippen molar-refractivity contribution in [3.63, 3.8) is 0 Å².